The zero-order valence-corrected chi connectivity index (χ0v) is 12.5. The van der Waals surface area contributed by atoms with E-state index >= 15 is 0 Å². The number of hydrogen-bond acceptors (Lipinski definition) is 3. The van der Waals surface area contributed by atoms with Gasteiger partial charge in [0, 0.05) is 12.1 Å². The fraction of sp³-hybridized carbons (Fsp3) is 0.562. The second kappa shape index (κ2) is 6.86. The lowest BCUT2D eigenvalue weighted by Gasteiger charge is -2.32. The molecule has 2 rings (SSSR count). The van der Waals surface area contributed by atoms with E-state index in [1.807, 2.05) is 25.2 Å². The molecule has 110 valence electrons. The highest BCUT2D eigenvalue weighted by atomic mass is 16.1. The lowest BCUT2D eigenvalue weighted by molar-refractivity contribution is 0.1000. The van der Waals surface area contributed by atoms with Crippen molar-refractivity contribution in [2.24, 2.45) is 11.7 Å². The molecule has 1 saturated heterocycles. The van der Waals surface area contributed by atoms with Crippen molar-refractivity contribution in [1.29, 1.82) is 0 Å². The Kier molecular flexibility index (Phi) is 5.15. The average molecular weight is 275 g/mol. The molecule has 1 aliphatic heterocycles. The summed E-state index contributed by atoms with van der Waals surface area (Å²) < 4.78 is 0. The molecule has 0 radical (unpaired) electrons. The Morgan fingerprint density at radius 3 is 2.65 bits per heavy atom. The molecule has 0 spiro atoms. The predicted molar refractivity (Wildman–Crippen MR) is 81.6 cm³/mol. The minimum atomic E-state index is -0.354. The third-order valence-corrected chi connectivity index (χ3v) is 4.22. The summed E-state index contributed by atoms with van der Waals surface area (Å²) in [6.07, 6.45) is 2.53. The number of piperidine rings is 1. The van der Waals surface area contributed by atoms with Gasteiger partial charge in [0.25, 0.3) is 0 Å². The minimum absolute atomic E-state index is 0.354. The standard InChI is InChI=1S/C16H25N3O/c1-12-9-14(16(17)20)3-4-15(12)11-19-7-5-13(6-8-19)10-18-2/h3-4,9,13,18H,5-8,10-11H2,1-2H3,(H2,17,20). The van der Waals surface area contributed by atoms with Crippen LogP contribution in [0.5, 0.6) is 0 Å². The van der Waals surface area contributed by atoms with Crippen LogP contribution in [0.25, 0.3) is 0 Å². The number of hydrogen-bond donors (Lipinski definition) is 2. The molecule has 1 heterocycles. The van der Waals surface area contributed by atoms with Crippen molar-refractivity contribution in [3.05, 3.63) is 34.9 Å². The number of nitrogens with one attached hydrogen (secondary N) is 1. The summed E-state index contributed by atoms with van der Waals surface area (Å²) in [4.78, 5) is 13.7. The second-order valence-corrected chi connectivity index (χ2v) is 5.78. The molecule has 0 bridgehead atoms. The van der Waals surface area contributed by atoms with Crippen LogP contribution in [-0.2, 0) is 6.54 Å². The van der Waals surface area contributed by atoms with Crippen molar-refractivity contribution >= 4 is 5.91 Å². The number of primary amides is 1. The first-order valence-electron chi connectivity index (χ1n) is 7.36. The molecule has 1 aliphatic rings. The fourth-order valence-corrected chi connectivity index (χ4v) is 2.90. The van der Waals surface area contributed by atoms with Crippen LogP contribution in [0.1, 0.15) is 34.3 Å². The van der Waals surface area contributed by atoms with E-state index in [4.69, 9.17) is 5.73 Å². The number of amides is 1. The lowest BCUT2D eigenvalue weighted by atomic mass is 9.96. The SMILES string of the molecule is CNCC1CCN(Cc2ccc(C(N)=O)cc2C)CC1. The first-order valence-corrected chi connectivity index (χ1v) is 7.36. The number of carbonyl (C=O) groups is 1. The van der Waals surface area contributed by atoms with Crippen molar-refractivity contribution in [2.45, 2.75) is 26.3 Å². The van der Waals surface area contributed by atoms with Gasteiger partial charge < -0.3 is 11.1 Å². The Hall–Kier alpha value is -1.39. The number of carbonyl (C=O) groups excluding carboxylic acids is 1. The molecule has 1 amide bonds. The summed E-state index contributed by atoms with van der Waals surface area (Å²) >= 11 is 0. The number of nitrogens with zero attached hydrogens (tertiary/aromatic N) is 1. The number of likely N-dealkylation sites (tertiary alicyclic amines) is 1. The molecule has 3 N–H and O–H groups in total. The highest BCUT2D eigenvalue weighted by Crippen LogP contribution is 2.20. The summed E-state index contributed by atoms with van der Waals surface area (Å²) in [6, 6.07) is 5.76. The molecule has 4 heteroatoms. The second-order valence-electron chi connectivity index (χ2n) is 5.78. The Morgan fingerprint density at radius 2 is 2.10 bits per heavy atom. The first-order chi connectivity index (χ1) is 9.60. The van der Waals surface area contributed by atoms with Crippen LogP contribution in [-0.4, -0.2) is 37.5 Å². The molecule has 1 fully saturated rings. The zero-order chi connectivity index (χ0) is 14.5. The van der Waals surface area contributed by atoms with E-state index in [9.17, 15) is 4.79 Å². The van der Waals surface area contributed by atoms with E-state index in [0.29, 0.717) is 5.56 Å². The highest BCUT2D eigenvalue weighted by molar-refractivity contribution is 5.93. The van der Waals surface area contributed by atoms with E-state index in [1.54, 1.807) is 0 Å². The predicted octanol–water partition coefficient (Wildman–Crippen LogP) is 1.53. The minimum Gasteiger partial charge on any atom is -0.366 e. The van der Waals surface area contributed by atoms with Crippen LogP contribution in [0.3, 0.4) is 0 Å². The Morgan fingerprint density at radius 1 is 1.40 bits per heavy atom. The molecule has 0 aliphatic carbocycles. The van der Waals surface area contributed by atoms with Crippen molar-refractivity contribution in [3.8, 4) is 0 Å². The van der Waals surface area contributed by atoms with Gasteiger partial charge in [0.15, 0.2) is 0 Å². The normalized spacial score (nSPS) is 17.3. The molecular weight excluding hydrogens is 250 g/mol. The topological polar surface area (TPSA) is 58.4 Å². The zero-order valence-electron chi connectivity index (χ0n) is 12.5. The summed E-state index contributed by atoms with van der Waals surface area (Å²) in [6.45, 7) is 6.46. The lowest BCUT2D eigenvalue weighted by Crippen LogP contribution is -2.36. The van der Waals surface area contributed by atoms with Gasteiger partial charge in [-0.1, -0.05) is 6.07 Å². The highest BCUT2D eigenvalue weighted by Gasteiger charge is 2.19. The number of nitrogens with two attached hydrogens (primary N) is 1. The van der Waals surface area contributed by atoms with Gasteiger partial charge in [-0.3, -0.25) is 9.69 Å². The van der Waals surface area contributed by atoms with E-state index < -0.39 is 0 Å². The van der Waals surface area contributed by atoms with Gasteiger partial charge in [0.2, 0.25) is 5.91 Å². The third kappa shape index (κ3) is 3.81. The van der Waals surface area contributed by atoms with Crippen molar-refractivity contribution < 1.29 is 4.79 Å². The summed E-state index contributed by atoms with van der Waals surface area (Å²) in [5.41, 5.74) is 8.35. The fourth-order valence-electron chi connectivity index (χ4n) is 2.90. The largest absolute Gasteiger partial charge is 0.366 e. The van der Waals surface area contributed by atoms with Crippen LogP contribution in [0.15, 0.2) is 18.2 Å². The number of aryl methyl sites for hydroxylation is 1. The molecule has 0 unspecified atom stereocenters. The maximum Gasteiger partial charge on any atom is 0.248 e. The van der Waals surface area contributed by atoms with E-state index in [2.05, 4.69) is 17.1 Å². The van der Waals surface area contributed by atoms with Crippen molar-refractivity contribution in [1.82, 2.24) is 10.2 Å². The smallest absolute Gasteiger partial charge is 0.248 e. The summed E-state index contributed by atoms with van der Waals surface area (Å²) in [5.74, 6) is 0.460. The van der Waals surface area contributed by atoms with Crippen LogP contribution in [0.2, 0.25) is 0 Å². The monoisotopic (exact) mass is 275 g/mol. The van der Waals surface area contributed by atoms with Crippen molar-refractivity contribution in [2.75, 3.05) is 26.7 Å². The molecule has 0 saturated carbocycles. The first kappa shape index (κ1) is 15.0. The maximum atomic E-state index is 11.2. The van der Waals surface area contributed by atoms with Crippen LogP contribution < -0.4 is 11.1 Å². The molecule has 0 aromatic heterocycles. The number of rotatable bonds is 5. The Balaban J connectivity index is 1.93. The molecule has 4 nitrogen and oxygen atoms in total. The molecule has 1 aromatic rings. The Labute approximate surface area is 121 Å². The van der Waals surface area contributed by atoms with Gasteiger partial charge in [-0.2, -0.15) is 0 Å². The van der Waals surface area contributed by atoms with Gasteiger partial charge >= 0.3 is 0 Å². The summed E-state index contributed by atoms with van der Waals surface area (Å²) in [7, 11) is 2.02. The van der Waals surface area contributed by atoms with Gasteiger partial charge in [0.05, 0.1) is 0 Å². The maximum absolute atomic E-state index is 11.2. The van der Waals surface area contributed by atoms with Gasteiger partial charge in [-0.25, -0.2) is 0 Å². The third-order valence-electron chi connectivity index (χ3n) is 4.22. The average Bonchev–Trinajstić information content (AvgIpc) is 2.43. The van der Waals surface area contributed by atoms with Crippen LogP contribution >= 0.6 is 0 Å². The molecule has 0 atom stereocenters. The van der Waals surface area contributed by atoms with Gasteiger partial charge in [-0.05, 0) is 75.6 Å². The van der Waals surface area contributed by atoms with E-state index in [1.165, 1.54) is 18.4 Å². The van der Waals surface area contributed by atoms with Gasteiger partial charge in [-0.15, -0.1) is 0 Å². The summed E-state index contributed by atoms with van der Waals surface area (Å²) in [5, 5.41) is 3.27. The van der Waals surface area contributed by atoms with Gasteiger partial charge in [0.1, 0.15) is 0 Å². The van der Waals surface area contributed by atoms with Crippen LogP contribution in [0.4, 0.5) is 0 Å². The molecular formula is C16H25N3O. The van der Waals surface area contributed by atoms with Crippen LogP contribution in [0, 0.1) is 12.8 Å². The van der Waals surface area contributed by atoms with E-state index in [-0.39, 0.29) is 5.91 Å². The number of benzene rings is 1. The molecule has 20 heavy (non-hydrogen) atoms. The Bertz CT molecular complexity index is 465. The van der Waals surface area contributed by atoms with E-state index in [0.717, 1.165) is 37.7 Å². The molecule has 1 aromatic carbocycles. The quantitative estimate of drug-likeness (QED) is 0.856. The van der Waals surface area contributed by atoms with Crippen molar-refractivity contribution in [3.63, 3.8) is 0 Å².